The highest BCUT2D eigenvalue weighted by atomic mass is 16.2. The van der Waals surface area contributed by atoms with Crippen LogP contribution in [0.5, 0.6) is 0 Å². The highest BCUT2D eigenvalue weighted by Gasteiger charge is 2.25. The number of hydrogen-bond acceptors (Lipinski definition) is 6. The first-order chi connectivity index (χ1) is 14.5. The summed E-state index contributed by atoms with van der Waals surface area (Å²) in [7, 11) is 4.01. The standard InChI is InChI=1S/C22H22N6O2/c1-27(2)17-7-3-13(4-8-17)18-11-19(24-16-5-6-16)28-21(25-18)15(12-23-28)9-14-10-20(29)26-22(14)30/h3-4,7-9,11-12,16,24H,5-6,10H2,1-2H3,(H,26,29,30)/b14-9+. The van der Waals surface area contributed by atoms with Gasteiger partial charge in [0.05, 0.1) is 18.3 Å². The van der Waals surface area contributed by atoms with E-state index in [9.17, 15) is 9.59 Å². The van der Waals surface area contributed by atoms with Crippen molar-refractivity contribution in [3.8, 4) is 11.3 Å². The van der Waals surface area contributed by atoms with Gasteiger partial charge in [-0.15, -0.1) is 0 Å². The third kappa shape index (κ3) is 3.41. The fourth-order valence-corrected chi connectivity index (χ4v) is 3.51. The van der Waals surface area contributed by atoms with E-state index < -0.39 is 0 Å². The van der Waals surface area contributed by atoms with Gasteiger partial charge in [-0.2, -0.15) is 9.61 Å². The first-order valence-electron chi connectivity index (χ1n) is 9.96. The largest absolute Gasteiger partial charge is 0.378 e. The molecule has 2 N–H and O–H groups in total. The number of aromatic nitrogens is 3. The molecule has 2 aromatic heterocycles. The lowest BCUT2D eigenvalue weighted by Crippen LogP contribution is -2.19. The number of fused-ring (bicyclic) bond motifs is 1. The van der Waals surface area contributed by atoms with Crippen LogP contribution in [0.25, 0.3) is 23.0 Å². The van der Waals surface area contributed by atoms with Gasteiger partial charge in [-0.05, 0) is 31.1 Å². The van der Waals surface area contributed by atoms with Crippen molar-refractivity contribution >= 4 is 35.0 Å². The lowest BCUT2D eigenvalue weighted by molar-refractivity contribution is -0.124. The van der Waals surface area contributed by atoms with Crippen LogP contribution >= 0.6 is 0 Å². The summed E-state index contributed by atoms with van der Waals surface area (Å²) in [6.45, 7) is 0. The van der Waals surface area contributed by atoms with Crippen molar-refractivity contribution in [2.75, 3.05) is 24.3 Å². The summed E-state index contributed by atoms with van der Waals surface area (Å²) in [4.78, 5) is 30.4. The van der Waals surface area contributed by atoms with E-state index in [-0.39, 0.29) is 18.2 Å². The molecule has 1 aliphatic carbocycles. The molecule has 8 nitrogen and oxygen atoms in total. The molecular weight excluding hydrogens is 380 g/mol. The van der Waals surface area contributed by atoms with Gasteiger partial charge in [0.25, 0.3) is 5.91 Å². The molecule has 0 unspecified atom stereocenters. The number of nitrogens with one attached hydrogen (secondary N) is 2. The molecular formula is C22H22N6O2. The average Bonchev–Trinajstić information content (AvgIpc) is 3.36. The van der Waals surface area contributed by atoms with Gasteiger partial charge in [-0.25, -0.2) is 4.98 Å². The highest BCUT2D eigenvalue weighted by molar-refractivity contribution is 6.15. The minimum absolute atomic E-state index is 0.0784. The Morgan fingerprint density at radius 2 is 1.97 bits per heavy atom. The van der Waals surface area contributed by atoms with Crippen LogP contribution in [0.1, 0.15) is 24.8 Å². The maximum atomic E-state index is 12.0. The number of imide groups is 1. The van der Waals surface area contributed by atoms with Crippen molar-refractivity contribution in [1.29, 1.82) is 0 Å². The molecule has 1 aromatic carbocycles. The van der Waals surface area contributed by atoms with E-state index in [2.05, 4.69) is 32.8 Å². The summed E-state index contributed by atoms with van der Waals surface area (Å²) in [5, 5.41) is 10.3. The quantitative estimate of drug-likeness (QED) is 0.503. The summed E-state index contributed by atoms with van der Waals surface area (Å²) in [6, 6.07) is 10.7. The second-order valence-corrected chi connectivity index (χ2v) is 7.95. The number of amides is 2. The lowest BCUT2D eigenvalue weighted by atomic mass is 10.1. The molecule has 1 aliphatic heterocycles. The van der Waals surface area contributed by atoms with E-state index in [0.717, 1.165) is 35.6 Å². The van der Waals surface area contributed by atoms with Crippen LogP contribution < -0.4 is 15.5 Å². The monoisotopic (exact) mass is 402 g/mol. The zero-order chi connectivity index (χ0) is 20.8. The molecule has 1 saturated carbocycles. The Bertz CT molecular complexity index is 1190. The Morgan fingerprint density at radius 3 is 2.60 bits per heavy atom. The van der Waals surface area contributed by atoms with Crippen molar-refractivity contribution in [2.24, 2.45) is 0 Å². The smallest absolute Gasteiger partial charge is 0.254 e. The summed E-state index contributed by atoms with van der Waals surface area (Å²) in [5.74, 6) is 0.227. The predicted molar refractivity (Wildman–Crippen MR) is 115 cm³/mol. The van der Waals surface area contributed by atoms with Crippen LogP contribution in [0, 0.1) is 0 Å². The Labute approximate surface area is 173 Å². The topological polar surface area (TPSA) is 91.6 Å². The zero-order valence-corrected chi connectivity index (χ0v) is 16.8. The lowest BCUT2D eigenvalue weighted by Gasteiger charge is -2.13. The van der Waals surface area contributed by atoms with E-state index in [4.69, 9.17) is 4.98 Å². The summed E-state index contributed by atoms with van der Waals surface area (Å²) >= 11 is 0. The van der Waals surface area contributed by atoms with Crippen LogP contribution in [0.3, 0.4) is 0 Å². The fraction of sp³-hybridized carbons (Fsp3) is 0.273. The molecule has 3 aromatic rings. The van der Waals surface area contributed by atoms with Crippen LogP contribution in [-0.2, 0) is 9.59 Å². The Balaban J connectivity index is 1.61. The van der Waals surface area contributed by atoms with Crippen molar-refractivity contribution < 1.29 is 9.59 Å². The Kier molecular flexibility index (Phi) is 4.27. The van der Waals surface area contributed by atoms with Crippen LogP contribution in [-0.4, -0.2) is 46.5 Å². The number of hydrogen-bond donors (Lipinski definition) is 2. The minimum Gasteiger partial charge on any atom is -0.378 e. The molecule has 0 bridgehead atoms. The van der Waals surface area contributed by atoms with Crippen molar-refractivity contribution in [3.63, 3.8) is 0 Å². The first-order valence-corrected chi connectivity index (χ1v) is 9.96. The molecule has 2 fully saturated rings. The normalized spacial score (nSPS) is 17.6. The summed E-state index contributed by atoms with van der Waals surface area (Å²) in [5.41, 5.74) is 4.71. The number of carbonyl (C=O) groups excluding carboxylic acids is 2. The van der Waals surface area contributed by atoms with E-state index in [1.807, 2.05) is 32.3 Å². The number of nitrogens with zero attached hydrogens (tertiary/aromatic N) is 4. The van der Waals surface area contributed by atoms with E-state index in [1.165, 1.54) is 0 Å². The van der Waals surface area contributed by atoms with Gasteiger partial charge < -0.3 is 10.2 Å². The summed E-state index contributed by atoms with van der Waals surface area (Å²) < 4.78 is 1.76. The van der Waals surface area contributed by atoms with Crippen LogP contribution in [0.4, 0.5) is 11.5 Å². The Hall–Kier alpha value is -3.68. The Morgan fingerprint density at radius 1 is 1.20 bits per heavy atom. The SMILES string of the molecule is CN(C)c1ccc(-c2cc(NC3CC3)n3ncc(/C=C4\CC(=O)NC4=O)c3n2)cc1. The molecule has 1 saturated heterocycles. The third-order valence-electron chi connectivity index (χ3n) is 5.33. The van der Waals surface area contributed by atoms with Gasteiger partial charge in [0.1, 0.15) is 5.82 Å². The van der Waals surface area contributed by atoms with Gasteiger partial charge in [-0.3, -0.25) is 14.9 Å². The number of rotatable bonds is 5. The zero-order valence-electron chi connectivity index (χ0n) is 16.8. The number of benzene rings is 1. The molecule has 2 amide bonds. The van der Waals surface area contributed by atoms with Crippen LogP contribution in [0.15, 0.2) is 42.1 Å². The van der Waals surface area contributed by atoms with E-state index in [0.29, 0.717) is 22.8 Å². The molecule has 0 atom stereocenters. The average molecular weight is 402 g/mol. The van der Waals surface area contributed by atoms with Crippen molar-refractivity contribution in [1.82, 2.24) is 19.9 Å². The number of carbonyl (C=O) groups is 2. The minimum atomic E-state index is -0.355. The number of anilines is 2. The molecule has 5 rings (SSSR count). The van der Waals surface area contributed by atoms with Gasteiger partial charge in [0.2, 0.25) is 5.91 Å². The van der Waals surface area contributed by atoms with Crippen molar-refractivity contribution in [3.05, 3.63) is 47.7 Å². The molecule has 0 radical (unpaired) electrons. The molecule has 3 heterocycles. The van der Waals surface area contributed by atoms with Gasteiger partial charge in [0, 0.05) is 48.6 Å². The third-order valence-corrected chi connectivity index (χ3v) is 5.33. The maximum absolute atomic E-state index is 12.0. The molecule has 30 heavy (non-hydrogen) atoms. The second kappa shape index (κ2) is 6.98. The van der Waals surface area contributed by atoms with Gasteiger partial charge in [-0.1, -0.05) is 12.1 Å². The fourth-order valence-electron chi connectivity index (χ4n) is 3.51. The highest BCUT2D eigenvalue weighted by Crippen LogP contribution is 2.30. The summed E-state index contributed by atoms with van der Waals surface area (Å²) in [6.07, 6.45) is 5.74. The first kappa shape index (κ1) is 18.4. The molecule has 0 spiro atoms. The van der Waals surface area contributed by atoms with Gasteiger partial charge in [0.15, 0.2) is 5.65 Å². The van der Waals surface area contributed by atoms with E-state index >= 15 is 0 Å². The van der Waals surface area contributed by atoms with E-state index in [1.54, 1.807) is 16.8 Å². The second-order valence-electron chi connectivity index (χ2n) is 7.95. The molecule has 8 heteroatoms. The van der Waals surface area contributed by atoms with Crippen molar-refractivity contribution in [2.45, 2.75) is 25.3 Å². The molecule has 2 aliphatic rings. The van der Waals surface area contributed by atoms with Crippen LogP contribution in [0.2, 0.25) is 0 Å². The molecule has 152 valence electrons. The van der Waals surface area contributed by atoms with Gasteiger partial charge >= 0.3 is 0 Å². The predicted octanol–water partition coefficient (Wildman–Crippen LogP) is 2.47. The maximum Gasteiger partial charge on any atom is 0.254 e.